The average molecular weight is 477 g/mol. The van der Waals surface area contributed by atoms with Crippen LogP contribution in [0.3, 0.4) is 0 Å². The summed E-state index contributed by atoms with van der Waals surface area (Å²) in [6.07, 6.45) is 18.1. The van der Waals surface area contributed by atoms with Gasteiger partial charge in [0.2, 0.25) is 0 Å². The van der Waals surface area contributed by atoms with E-state index in [2.05, 4.69) is 20.8 Å². The van der Waals surface area contributed by atoms with Crippen LogP contribution in [0.4, 0.5) is 0 Å². The molecule has 0 N–H and O–H groups in total. The molecule has 0 aromatic carbocycles. The van der Waals surface area contributed by atoms with E-state index in [9.17, 15) is 9.46 Å². The Morgan fingerprint density at radius 3 is 1.74 bits per heavy atom. The first-order valence-corrected chi connectivity index (χ1v) is 14.2. The third-order valence-electron chi connectivity index (χ3n) is 5.47. The topological polar surface area (TPSA) is 67.8 Å². The number of hydrogen-bond acceptors (Lipinski definition) is 5. The van der Waals surface area contributed by atoms with Crippen molar-refractivity contribution in [3.63, 3.8) is 0 Å². The Balaban J connectivity index is 0. The van der Waals surface area contributed by atoms with Gasteiger partial charge in [0.25, 0.3) is 7.82 Å². The predicted octanol–water partition coefficient (Wildman–Crippen LogP) is 7.04. The van der Waals surface area contributed by atoms with Gasteiger partial charge in [0, 0.05) is 13.2 Å². The molecule has 182 valence electrons. The molecule has 0 saturated carbocycles. The summed E-state index contributed by atoms with van der Waals surface area (Å²) in [5.41, 5.74) is 0. The summed E-state index contributed by atoms with van der Waals surface area (Å²) in [4.78, 5) is 11.8. The second-order valence-electron chi connectivity index (χ2n) is 8.49. The largest absolute Gasteiger partial charge is 3.00 e. The third-order valence-corrected chi connectivity index (χ3v) is 6.47. The Kier molecular flexibility index (Phi) is 27.5. The molecule has 31 heavy (non-hydrogen) atoms. The van der Waals surface area contributed by atoms with Crippen molar-refractivity contribution in [1.82, 2.24) is 0 Å². The number of hydrogen-bond donors (Lipinski definition) is 0. The van der Waals surface area contributed by atoms with E-state index >= 15 is 0 Å². The predicted molar refractivity (Wildman–Crippen MR) is 130 cm³/mol. The van der Waals surface area contributed by atoms with Gasteiger partial charge in [-0.2, -0.15) is 0 Å². The summed E-state index contributed by atoms with van der Waals surface area (Å²) in [5.74, 6) is 0.766. The van der Waals surface area contributed by atoms with Gasteiger partial charge in [-0.3, -0.25) is 4.57 Å². The van der Waals surface area contributed by atoms with Crippen LogP contribution in [0.2, 0.25) is 0 Å². The summed E-state index contributed by atoms with van der Waals surface area (Å²) in [6, 6.07) is 0. The van der Waals surface area contributed by atoms with E-state index in [1.165, 1.54) is 51.4 Å². The number of phosphoric ester groups is 1. The molecule has 0 amide bonds. The Morgan fingerprint density at radius 2 is 1.13 bits per heavy atom. The van der Waals surface area contributed by atoms with E-state index in [1.54, 1.807) is 0 Å². The zero-order valence-electron chi connectivity index (χ0n) is 20.8. The fourth-order valence-corrected chi connectivity index (χ4v) is 4.41. The minimum absolute atomic E-state index is 0. The zero-order chi connectivity index (χ0) is 22.3. The Morgan fingerprint density at radius 1 is 0.613 bits per heavy atom. The van der Waals surface area contributed by atoms with E-state index in [4.69, 9.17) is 13.8 Å². The molecule has 2 atom stereocenters. The van der Waals surface area contributed by atoms with Crippen LogP contribution in [0, 0.1) is 5.92 Å². The maximum atomic E-state index is 11.8. The summed E-state index contributed by atoms with van der Waals surface area (Å²) in [5, 5.41) is 0. The fourth-order valence-electron chi connectivity index (χ4n) is 3.63. The third kappa shape index (κ3) is 25.1. The van der Waals surface area contributed by atoms with E-state index < -0.39 is 7.82 Å². The van der Waals surface area contributed by atoms with Gasteiger partial charge in [-0.25, -0.2) is 0 Å². The minimum Gasteiger partial charge on any atom is -0.756 e. The van der Waals surface area contributed by atoms with Gasteiger partial charge < -0.3 is 18.7 Å². The first-order valence-electron chi connectivity index (χ1n) is 12.7. The first kappa shape index (κ1) is 33.8. The standard InChI is InChI=1S/C24H51O5P.Al/c1-4-7-9-10-11-14-22-28-30(25,26)29-23-15-12-13-18-24(17-8-5-2)19-16-21-27-20-6-3;/h24H,4-23H2,1-3H3,(H,25,26);/q;+3/p-1. The Labute approximate surface area is 204 Å². The van der Waals surface area contributed by atoms with Crippen molar-refractivity contribution in [2.24, 2.45) is 5.92 Å². The van der Waals surface area contributed by atoms with E-state index in [0.29, 0.717) is 0 Å². The summed E-state index contributed by atoms with van der Waals surface area (Å²) in [6.45, 7) is 8.79. The second kappa shape index (κ2) is 25.2. The summed E-state index contributed by atoms with van der Waals surface area (Å²) in [7, 11) is -4.12. The van der Waals surface area contributed by atoms with Gasteiger partial charge >= 0.3 is 17.4 Å². The zero-order valence-corrected chi connectivity index (χ0v) is 22.8. The number of phosphoric acid groups is 1. The Bertz CT molecular complexity index is 398. The van der Waals surface area contributed by atoms with Crippen molar-refractivity contribution in [1.29, 1.82) is 0 Å². The van der Waals surface area contributed by atoms with Gasteiger partial charge in [0.05, 0.1) is 13.2 Å². The van der Waals surface area contributed by atoms with Crippen LogP contribution in [-0.2, 0) is 18.3 Å². The molecular weight excluding hydrogens is 426 g/mol. The average Bonchev–Trinajstić information content (AvgIpc) is 2.72. The molecule has 0 fully saturated rings. The molecule has 0 aromatic rings. The van der Waals surface area contributed by atoms with Gasteiger partial charge in [-0.1, -0.05) is 91.4 Å². The first-order chi connectivity index (χ1) is 14.6. The van der Waals surface area contributed by atoms with Crippen molar-refractivity contribution >= 4 is 25.2 Å². The molecule has 0 radical (unpaired) electrons. The van der Waals surface area contributed by atoms with Crippen LogP contribution < -0.4 is 4.89 Å². The molecule has 0 spiro atoms. The molecule has 0 aromatic heterocycles. The number of unbranched alkanes of at least 4 members (excludes halogenated alkanes) is 8. The van der Waals surface area contributed by atoms with E-state index in [1.807, 2.05) is 0 Å². The van der Waals surface area contributed by atoms with E-state index in [0.717, 1.165) is 70.5 Å². The van der Waals surface area contributed by atoms with Crippen LogP contribution in [0.25, 0.3) is 0 Å². The van der Waals surface area contributed by atoms with Crippen molar-refractivity contribution in [2.75, 3.05) is 26.4 Å². The van der Waals surface area contributed by atoms with Gasteiger partial charge in [-0.05, 0) is 38.0 Å². The maximum Gasteiger partial charge on any atom is 3.00 e. The van der Waals surface area contributed by atoms with Crippen molar-refractivity contribution < 1.29 is 23.2 Å². The molecule has 0 heterocycles. The molecular formula is C24H50AlO5P+2. The molecule has 0 saturated heterocycles. The monoisotopic (exact) mass is 476 g/mol. The Hall–Kier alpha value is 0.602. The van der Waals surface area contributed by atoms with Crippen LogP contribution >= 0.6 is 7.82 Å². The van der Waals surface area contributed by atoms with Gasteiger partial charge in [0.15, 0.2) is 0 Å². The van der Waals surface area contributed by atoms with Crippen LogP contribution in [0.1, 0.15) is 124 Å². The van der Waals surface area contributed by atoms with Gasteiger partial charge in [-0.15, -0.1) is 0 Å². The second-order valence-corrected chi connectivity index (χ2v) is 9.90. The van der Waals surface area contributed by atoms with Crippen molar-refractivity contribution in [3.8, 4) is 0 Å². The maximum absolute atomic E-state index is 11.8. The smallest absolute Gasteiger partial charge is 0.756 e. The van der Waals surface area contributed by atoms with Crippen LogP contribution in [0.15, 0.2) is 0 Å². The quantitative estimate of drug-likeness (QED) is 0.0849. The molecule has 0 aliphatic heterocycles. The molecule has 0 rings (SSSR count). The molecule has 0 aliphatic rings. The number of ether oxygens (including phenoxy) is 1. The molecule has 7 heteroatoms. The summed E-state index contributed by atoms with van der Waals surface area (Å²) >= 11 is 0. The van der Waals surface area contributed by atoms with Crippen LogP contribution in [0.5, 0.6) is 0 Å². The minimum atomic E-state index is -4.12. The SMILES string of the molecule is CCCCCCCCOP(=O)([O-])OCCCCCC(CCCC)CCCOCCC.[Al+3]. The van der Waals surface area contributed by atoms with Crippen LogP contribution in [-0.4, -0.2) is 43.8 Å². The molecule has 0 bridgehead atoms. The molecule has 0 aliphatic carbocycles. The van der Waals surface area contributed by atoms with Gasteiger partial charge in [0.1, 0.15) is 0 Å². The molecule has 2 unspecified atom stereocenters. The van der Waals surface area contributed by atoms with E-state index in [-0.39, 0.29) is 30.6 Å². The van der Waals surface area contributed by atoms with Crippen molar-refractivity contribution in [2.45, 2.75) is 124 Å². The normalized spacial score (nSPS) is 14.2. The number of rotatable bonds is 24. The van der Waals surface area contributed by atoms with Crippen molar-refractivity contribution in [3.05, 3.63) is 0 Å². The summed E-state index contributed by atoms with van der Waals surface area (Å²) < 4.78 is 27.4. The fraction of sp³-hybridized carbons (Fsp3) is 1.00. The molecule has 5 nitrogen and oxygen atoms in total.